The topological polar surface area (TPSA) is 60.2 Å². The minimum atomic E-state index is -0.0942. The Morgan fingerprint density at radius 2 is 2.25 bits per heavy atom. The van der Waals surface area contributed by atoms with Gasteiger partial charge in [-0.3, -0.25) is 0 Å². The Balaban J connectivity index is 1.58. The summed E-state index contributed by atoms with van der Waals surface area (Å²) in [6, 6.07) is 6.36. The van der Waals surface area contributed by atoms with E-state index < -0.39 is 0 Å². The van der Waals surface area contributed by atoms with Gasteiger partial charge in [0, 0.05) is 31.5 Å². The molecule has 20 heavy (non-hydrogen) atoms. The predicted molar refractivity (Wildman–Crippen MR) is 74.6 cm³/mol. The van der Waals surface area contributed by atoms with E-state index in [1.54, 1.807) is 0 Å². The smallest absolute Gasteiger partial charge is 0.213 e. The SMILES string of the molecule is CC1(C)Cc2cccc(CNCCc3ncon3)c2O1. The lowest BCUT2D eigenvalue weighted by Gasteiger charge is -2.18. The van der Waals surface area contributed by atoms with Crippen LogP contribution in [0, 0.1) is 0 Å². The summed E-state index contributed by atoms with van der Waals surface area (Å²) in [5, 5.41) is 7.18. The highest BCUT2D eigenvalue weighted by molar-refractivity contribution is 5.45. The normalized spacial score (nSPS) is 15.9. The Morgan fingerprint density at radius 3 is 3.05 bits per heavy atom. The molecule has 0 spiro atoms. The van der Waals surface area contributed by atoms with Crippen LogP contribution in [0.15, 0.2) is 29.1 Å². The molecule has 0 saturated carbocycles. The maximum atomic E-state index is 6.05. The first-order chi connectivity index (χ1) is 9.64. The van der Waals surface area contributed by atoms with Gasteiger partial charge in [0.25, 0.3) is 0 Å². The largest absolute Gasteiger partial charge is 0.487 e. The zero-order valence-electron chi connectivity index (χ0n) is 11.8. The summed E-state index contributed by atoms with van der Waals surface area (Å²) in [6.45, 7) is 5.85. The average molecular weight is 273 g/mol. The Bertz CT molecular complexity index is 579. The fraction of sp³-hybridized carbons (Fsp3) is 0.467. The number of aromatic nitrogens is 2. The van der Waals surface area contributed by atoms with E-state index in [9.17, 15) is 0 Å². The highest BCUT2D eigenvalue weighted by Crippen LogP contribution is 2.37. The second kappa shape index (κ2) is 5.25. The fourth-order valence-corrected chi connectivity index (χ4v) is 2.54. The summed E-state index contributed by atoms with van der Waals surface area (Å²) in [7, 11) is 0. The molecule has 5 heteroatoms. The van der Waals surface area contributed by atoms with Gasteiger partial charge in [-0.25, -0.2) is 0 Å². The molecule has 0 unspecified atom stereocenters. The lowest BCUT2D eigenvalue weighted by Crippen LogP contribution is -2.25. The van der Waals surface area contributed by atoms with E-state index in [4.69, 9.17) is 9.26 Å². The quantitative estimate of drug-likeness (QED) is 0.845. The van der Waals surface area contributed by atoms with Crippen LogP contribution in [-0.4, -0.2) is 22.3 Å². The minimum Gasteiger partial charge on any atom is -0.487 e. The molecule has 0 radical (unpaired) electrons. The van der Waals surface area contributed by atoms with Crippen LogP contribution in [-0.2, 0) is 19.4 Å². The summed E-state index contributed by atoms with van der Waals surface area (Å²) in [5.74, 6) is 1.78. The van der Waals surface area contributed by atoms with Crippen LogP contribution >= 0.6 is 0 Å². The van der Waals surface area contributed by atoms with Crippen molar-refractivity contribution >= 4 is 0 Å². The number of hydrogen-bond acceptors (Lipinski definition) is 5. The van der Waals surface area contributed by atoms with Crippen molar-refractivity contribution in [3.63, 3.8) is 0 Å². The standard InChI is InChI=1S/C15H19N3O2/c1-15(2)8-11-4-3-5-12(14(11)20-15)9-16-7-6-13-17-10-19-18-13/h3-5,10,16H,6-9H2,1-2H3. The molecule has 2 heterocycles. The van der Waals surface area contributed by atoms with Crippen LogP contribution in [0.1, 0.15) is 30.8 Å². The second-order valence-corrected chi connectivity index (χ2v) is 5.72. The maximum Gasteiger partial charge on any atom is 0.213 e. The van der Waals surface area contributed by atoms with E-state index in [0.29, 0.717) is 0 Å². The number of ether oxygens (including phenoxy) is 1. The molecule has 5 nitrogen and oxygen atoms in total. The highest BCUT2D eigenvalue weighted by atomic mass is 16.5. The van der Waals surface area contributed by atoms with Gasteiger partial charge < -0.3 is 14.6 Å². The predicted octanol–water partition coefficient (Wildman–Crippen LogP) is 2.12. The van der Waals surface area contributed by atoms with Crippen molar-refractivity contribution in [3.05, 3.63) is 41.5 Å². The molecule has 1 aromatic carbocycles. The number of nitrogens with one attached hydrogen (secondary N) is 1. The first-order valence-electron chi connectivity index (χ1n) is 6.90. The lowest BCUT2D eigenvalue weighted by molar-refractivity contribution is 0.137. The molecule has 0 atom stereocenters. The van der Waals surface area contributed by atoms with E-state index in [1.165, 1.54) is 17.5 Å². The van der Waals surface area contributed by atoms with Crippen molar-refractivity contribution in [2.75, 3.05) is 6.54 Å². The number of nitrogens with zero attached hydrogens (tertiary/aromatic N) is 2. The van der Waals surface area contributed by atoms with Gasteiger partial charge in [0.15, 0.2) is 5.82 Å². The zero-order chi connectivity index (χ0) is 14.0. The molecule has 1 aromatic heterocycles. The van der Waals surface area contributed by atoms with Gasteiger partial charge in [0.2, 0.25) is 6.39 Å². The van der Waals surface area contributed by atoms with Crippen LogP contribution < -0.4 is 10.1 Å². The molecule has 0 saturated heterocycles. The van der Waals surface area contributed by atoms with Crippen LogP contribution in [0.5, 0.6) is 5.75 Å². The van der Waals surface area contributed by atoms with E-state index in [1.807, 2.05) is 0 Å². The lowest BCUT2D eigenvalue weighted by atomic mass is 10.0. The third-order valence-electron chi connectivity index (χ3n) is 3.42. The van der Waals surface area contributed by atoms with Crippen LogP contribution in [0.4, 0.5) is 0 Å². The zero-order valence-corrected chi connectivity index (χ0v) is 11.8. The van der Waals surface area contributed by atoms with Crippen LogP contribution in [0.25, 0.3) is 0 Å². The minimum absolute atomic E-state index is 0.0942. The van der Waals surface area contributed by atoms with Gasteiger partial charge in [0.1, 0.15) is 11.4 Å². The highest BCUT2D eigenvalue weighted by Gasteiger charge is 2.31. The van der Waals surface area contributed by atoms with Crippen molar-refractivity contribution in [2.45, 2.75) is 38.8 Å². The monoisotopic (exact) mass is 273 g/mol. The summed E-state index contributed by atoms with van der Waals surface area (Å²) in [5.41, 5.74) is 2.41. The number of para-hydroxylation sites is 1. The second-order valence-electron chi connectivity index (χ2n) is 5.72. The molecule has 2 aromatic rings. The maximum absolute atomic E-state index is 6.05. The van der Waals surface area contributed by atoms with Gasteiger partial charge in [-0.2, -0.15) is 4.98 Å². The van der Waals surface area contributed by atoms with Crippen molar-refractivity contribution < 1.29 is 9.26 Å². The molecule has 1 aliphatic heterocycles. The Kier molecular flexibility index (Phi) is 3.44. The molecule has 0 fully saturated rings. The molecular formula is C15H19N3O2. The Hall–Kier alpha value is -1.88. The Labute approximate surface area is 118 Å². The summed E-state index contributed by atoms with van der Waals surface area (Å²) >= 11 is 0. The molecule has 3 rings (SSSR count). The number of fused-ring (bicyclic) bond motifs is 1. The van der Waals surface area contributed by atoms with Gasteiger partial charge in [0.05, 0.1) is 0 Å². The van der Waals surface area contributed by atoms with Crippen LogP contribution in [0.2, 0.25) is 0 Å². The number of benzene rings is 1. The third kappa shape index (κ3) is 2.82. The third-order valence-corrected chi connectivity index (χ3v) is 3.42. The van der Waals surface area contributed by atoms with Gasteiger partial charge >= 0.3 is 0 Å². The summed E-state index contributed by atoms with van der Waals surface area (Å²) in [6.07, 6.45) is 3.09. The first kappa shape index (κ1) is 13.1. The van der Waals surface area contributed by atoms with Crippen molar-refractivity contribution in [2.24, 2.45) is 0 Å². The van der Waals surface area contributed by atoms with Crippen molar-refractivity contribution in [3.8, 4) is 5.75 Å². The summed E-state index contributed by atoms with van der Waals surface area (Å²) in [4.78, 5) is 4.00. The molecule has 1 aliphatic rings. The van der Waals surface area contributed by atoms with Crippen LogP contribution in [0.3, 0.4) is 0 Å². The number of rotatable bonds is 5. The fourth-order valence-electron chi connectivity index (χ4n) is 2.54. The van der Waals surface area contributed by atoms with Crippen molar-refractivity contribution in [1.29, 1.82) is 0 Å². The Morgan fingerprint density at radius 1 is 1.35 bits per heavy atom. The average Bonchev–Trinajstić information content (AvgIpc) is 3.00. The van der Waals surface area contributed by atoms with Gasteiger partial charge in [-0.05, 0) is 19.4 Å². The van der Waals surface area contributed by atoms with E-state index in [-0.39, 0.29) is 5.60 Å². The van der Waals surface area contributed by atoms with E-state index in [2.05, 4.69) is 47.5 Å². The van der Waals surface area contributed by atoms with E-state index in [0.717, 1.165) is 37.5 Å². The van der Waals surface area contributed by atoms with E-state index >= 15 is 0 Å². The summed E-state index contributed by atoms with van der Waals surface area (Å²) < 4.78 is 10.8. The first-order valence-corrected chi connectivity index (χ1v) is 6.90. The van der Waals surface area contributed by atoms with Crippen molar-refractivity contribution in [1.82, 2.24) is 15.5 Å². The molecule has 106 valence electrons. The van der Waals surface area contributed by atoms with Gasteiger partial charge in [-0.15, -0.1) is 0 Å². The van der Waals surface area contributed by atoms with Gasteiger partial charge in [-0.1, -0.05) is 23.4 Å². The molecule has 0 aliphatic carbocycles. The molecule has 1 N–H and O–H groups in total. The molecular weight excluding hydrogens is 254 g/mol. The molecule has 0 amide bonds. The number of hydrogen-bond donors (Lipinski definition) is 1. The molecule has 0 bridgehead atoms.